The summed E-state index contributed by atoms with van der Waals surface area (Å²) in [5.41, 5.74) is 1.77. The van der Waals surface area contributed by atoms with Crippen LogP contribution in [0.5, 0.6) is 0 Å². The molecule has 5 heteroatoms. The van der Waals surface area contributed by atoms with Crippen LogP contribution in [0.3, 0.4) is 0 Å². The molecule has 21 heavy (non-hydrogen) atoms. The third kappa shape index (κ3) is 3.72. The molecule has 0 aromatic heterocycles. The van der Waals surface area contributed by atoms with E-state index in [1.54, 1.807) is 0 Å². The molecule has 0 unspecified atom stereocenters. The quantitative estimate of drug-likeness (QED) is 0.908. The number of carbonyl (C=O) groups is 2. The van der Waals surface area contributed by atoms with Crippen LogP contribution < -0.4 is 10.6 Å². The van der Waals surface area contributed by atoms with Crippen LogP contribution in [0.2, 0.25) is 0 Å². The van der Waals surface area contributed by atoms with Crippen molar-refractivity contribution in [3.05, 3.63) is 42.0 Å². The second-order valence-electron chi connectivity index (χ2n) is 4.67. The SMILES string of the molecule is COC(=O)Nc1cccc2cccc(CCNC(C)=O)c12. The van der Waals surface area contributed by atoms with Gasteiger partial charge in [-0.2, -0.15) is 0 Å². The van der Waals surface area contributed by atoms with Crippen LogP contribution in [0.25, 0.3) is 10.8 Å². The van der Waals surface area contributed by atoms with Crippen LogP contribution in [-0.4, -0.2) is 25.7 Å². The van der Waals surface area contributed by atoms with E-state index in [4.69, 9.17) is 0 Å². The Morgan fingerprint density at radius 3 is 2.52 bits per heavy atom. The Morgan fingerprint density at radius 2 is 1.86 bits per heavy atom. The molecular weight excluding hydrogens is 268 g/mol. The molecule has 0 heterocycles. The van der Waals surface area contributed by atoms with Gasteiger partial charge in [0, 0.05) is 18.9 Å². The molecule has 0 saturated heterocycles. The van der Waals surface area contributed by atoms with Gasteiger partial charge in [0.05, 0.1) is 12.8 Å². The van der Waals surface area contributed by atoms with E-state index in [9.17, 15) is 9.59 Å². The van der Waals surface area contributed by atoms with E-state index >= 15 is 0 Å². The number of carbonyl (C=O) groups excluding carboxylic acids is 2. The molecule has 2 amide bonds. The number of ether oxygens (including phenoxy) is 1. The number of hydrogen-bond donors (Lipinski definition) is 2. The molecule has 0 atom stereocenters. The highest BCUT2D eigenvalue weighted by atomic mass is 16.5. The Kier molecular flexibility index (Phi) is 4.77. The van der Waals surface area contributed by atoms with Gasteiger partial charge < -0.3 is 10.1 Å². The Balaban J connectivity index is 2.35. The van der Waals surface area contributed by atoms with Gasteiger partial charge in [-0.3, -0.25) is 10.1 Å². The molecule has 0 fully saturated rings. The standard InChI is InChI=1S/C16H18N2O3/c1-11(19)17-10-9-13-6-3-5-12-7-4-8-14(15(12)13)18-16(20)21-2/h3-8H,9-10H2,1-2H3,(H,17,19)(H,18,20). The number of benzene rings is 2. The number of fused-ring (bicyclic) bond motifs is 1. The maximum absolute atomic E-state index is 11.4. The minimum atomic E-state index is -0.501. The topological polar surface area (TPSA) is 67.4 Å². The van der Waals surface area contributed by atoms with Crippen LogP contribution >= 0.6 is 0 Å². The highest BCUT2D eigenvalue weighted by Gasteiger charge is 2.09. The summed E-state index contributed by atoms with van der Waals surface area (Å²) >= 11 is 0. The average molecular weight is 286 g/mol. The van der Waals surface area contributed by atoms with E-state index in [-0.39, 0.29) is 5.91 Å². The fraction of sp³-hybridized carbons (Fsp3) is 0.250. The zero-order valence-corrected chi connectivity index (χ0v) is 12.1. The Morgan fingerprint density at radius 1 is 1.14 bits per heavy atom. The predicted molar refractivity (Wildman–Crippen MR) is 82.4 cm³/mol. The fourth-order valence-electron chi connectivity index (χ4n) is 2.27. The summed E-state index contributed by atoms with van der Waals surface area (Å²) < 4.78 is 4.65. The number of hydrogen-bond acceptors (Lipinski definition) is 3. The highest BCUT2D eigenvalue weighted by Crippen LogP contribution is 2.27. The predicted octanol–water partition coefficient (Wildman–Crippen LogP) is 2.70. The lowest BCUT2D eigenvalue weighted by molar-refractivity contribution is -0.118. The van der Waals surface area contributed by atoms with Crippen LogP contribution in [0.1, 0.15) is 12.5 Å². The third-order valence-corrected chi connectivity index (χ3v) is 3.18. The summed E-state index contributed by atoms with van der Waals surface area (Å²) in [5, 5.41) is 7.50. The van der Waals surface area contributed by atoms with Gasteiger partial charge in [0.25, 0.3) is 0 Å². The van der Waals surface area contributed by atoms with Crippen molar-refractivity contribution in [3.8, 4) is 0 Å². The molecule has 2 rings (SSSR count). The van der Waals surface area contributed by atoms with Gasteiger partial charge in [-0.25, -0.2) is 4.79 Å². The third-order valence-electron chi connectivity index (χ3n) is 3.18. The summed E-state index contributed by atoms with van der Waals surface area (Å²) in [4.78, 5) is 22.4. The number of nitrogens with one attached hydrogen (secondary N) is 2. The van der Waals surface area contributed by atoms with Crippen LogP contribution in [0.4, 0.5) is 10.5 Å². The molecule has 0 aliphatic carbocycles. The molecule has 0 spiro atoms. The first-order chi connectivity index (χ1) is 10.1. The molecule has 2 aromatic rings. The summed E-state index contributed by atoms with van der Waals surface area (Å²) in [6, 6.07) is 11.6. The smallest absolute Gasteiger partial charge is 0.411 e. The maximum atomic E-state index is 11.4. The average Bonchev–Trinajstić information content (AvgIpc) is 2.47. The van der Waals surface area contributed by atoms with Gasteiger partial charge in [0.15, 0.2) is 0 Å². The van der Waals surface area contributed by atoms with Crippen molar-refractivity contribution in [2.24, 2.45) is 0 Å². The van der Waals surface area contributed by atoms with Gasteiger partial charge in [0.1, 0.15) is 0 Å². The van der Waals surface area contributed by atoms with Crippen molar-refractivity contribution < 1.29 is 14.3 Å². The zero-order chi connectivity index (χ0) is 15.2. The number of rotatable bonds is 4. The van der Waals surface area contributed by atoms with Gasteiger partial charge >= 0.3 is 6.09 Å². The highest BCUT2D eigenvalue weighted by molar-refractivity contribution is 6.02. The lowest BCUT2D eigenvalue weighted by atomic mass is 10.0. The van der Waals surface area contributed by atoms with E-state index in [1.165, 1.54) is 14.0 Å². The van der Waals surface area contributed by atoms with Crippen molar-refractivity contribution in [2.45, 2.75) is 13.3 Å². The molecule has 2 N–H and O–H groups in total. The van der Waals surface area contributed by atoms with Gasteiger partial charge in [-0.05, 0) is 23.4 Å². The van der Waals surface area contributed by atoms with Crippen molar-refractivity contribution in [2.75, 3.05) is 19.0 Å². The maximum Gasteiger partial charge on any atom is 0.411 e. The molecule has 2 aromatic carbocycles. The molecular formula is C16H18N2O3. The van der Waals surface area contributed by atoms with E-state index in [0.29, 0.717) is 18.7 Å². The Labute approximate surface area is 123 Å². The van der Waals surface area contributed by atoms with E-state index < -0.39 is 6.09 Å². The van der Waals surface area contributed by atoms with Crippen molar-refractivity contribution >= 4 is 28.5 Å². The lowest BCUT2D eigenvalue weighted by Crippen LogP contribution is -2.22. The van der Waals surface area contributed by atoms with Crippen molar-refractivity contribution in [3.63, 3.8) is 0 Å². The molecule has 0 aliphatic rings. The molecule has 110 valence electrons. The fourth-order valence-corrected chi connectivity index (χ4v) is 2.27. The van der Waals surface area contributed by atoms with E-state index in [0.717, 1.165) is 16.3 Å². The van der Waals surface area contributed by atoms with E-state index in [1.807, 2.05) is 36.4 Å². The first-order valence-corrected chi connectivity index (χ1v) is 6.72. The normalized spacial score (nSPS) is 10.2. The van der Waals surface area contributed by atoms with Crippen LogP contribution in [0, 0.1) is 0 Å². The van der Waals surface area contributed by atoms with Crippen molar-refractivity contribution in [1.82, 2.24) is 5.32 Å². The first-order valence-electron chi connectivity index (χ1n) is 6.72. The minimum Gasteiger partial charge on any atom is -0.453 e. The summed E-state index contributed by atoms with van der Waals surface area (Å²) in [6.45, 7) is 2.05. The van der Waals surface area contributed by atoms with Gasteiger partial charge in [-0.15, -0.1) is 0 Å². The molecule has 5 nitrogen and oxygen atoms in total. The molecule has 0 aliphatic heterocycles. The van der Waals surface area contributed by atoms with Crippen LogP contribution in [0.15, 0.2) is 36.4 Å². The molecule has 0 saturated carbocycles. The first kappa shape index (κ1) is 14.8. The summed E-state index contributed by atoms with van der Waals surface area (Å²) in [7, 11) is 1.33. The zero-order valence-electron chi connectivity index (χ0n) is 12.1. The Bertz CT molecular complexity index is 662. The summed E-state index contributed by atoms with van der Waals surface area (Å²) in [6.07, 6.45) is 0.190. The monoisotopic (exact) mass is 286 g/mol. The lowest BCUT2D eigenvalue weighted by Gasteiger charge is -2.12. The van der Waals surface area contributed by atoms with Crippen LogP contribution in [-0.2, 0) is 16.0 Å². The largest absolute Gasteiger partial charge is 0.453 e. The number of methoxy groups -OCH3 is 1. The molecule has 0 radical (unpaired) electrons. The van der Waals surface area contributed by atoms with Gasteiger partial charge in [0.2, 0.25) is 5.91 Å². The molecule has 0 bridgehead atoms. The summed E-state index contributed by atoms with van der Waals surface area (Å²) in [5.74, 6) is -0.0526. The van der Waals surface area contributed by atoms with Crippen molar-refractivity contribution in [1.29, 1.82) is 0 Å². The Hall–Kier alpha value is -2.56. The van der Waals surface area contributed by atoms with Gasteiger partial charge in [-0.1, -0.05) is 30.3 Å². The number of amides is 2. The van der Waals surface area contributed by atoms with E-state index in [2.05, 4.69) is 15.4 Å². The second-order valence-corrected chi connectivity index (χ2v) is 4.67. The minimum absolute atomic E-state index is 0.0526. The second kappa shape index (κ2) is 6.74. The number of anilines is 1.